The molecule has 88 valence electrons. The average molecular weight is 222 g/mol. The van der Waals surface area contributed by atoms with Gasteiger partial charge in [-0.3, -0.25) is 0 Å². The van der Waals surface area contributed by atoms with E-state index < -0.39 is 0 Å². The first kappa shape index (κ1) is 10.2. The van der Waals surface area contributed by atoms with Gasteiger partial charge in [0.1, 0.15) is 0 Å². The van der Waals surface area contributed by atoms with E-state index in [0.29, 0.717) is 6.10 Å². The van der Waals surface area contributed by atoms with E-state index >= 15 is 0 Å². The molecule has 0 bridgehead atoms. The van der Waals surface area contributed by atoms with Gasteiger partial charge in [-0.15, -0.1) is 5.10 Å². The van der Waals surface area contributed by atoms with Crippen molar-refractivity contribution in [2.75, 3.05) is 6.61 Å². The van der Waals surface area contributed by atoms with Crippen molar-refractivity contribution in [2.24, 2.45) is 0 Å². The molecule has 0 radical (unpaired) electrons. The SMILES string of the molecule is c1c(CNC2CC2)nnn1CC1CCCO1. The molecule has 1 saturated carbocycles. The number of hydrogen-bond donors (Lipinski definition) is 1. The third-order valence-electron chi connectivity index (χ3n) is 3.15. The molecule has 2 heterocycles. The molecule has 2 fully saturated rings. The Hall–Kier alpha value is -0.940. The lowest BCUT2D eigenvalue weighted by Gasteiger charge is -2.07. The van der Waals surface area contributed by atoms with Gasteiger partial charge in [-0.05, 0) is 25.7 Å². The summed E-state index contributed by atoms with van der Waals surface area (Å²) < 4.78 is 7.47. The highest BCUT2D eigenvalue weighted by molar-refractivity contribution is 4.94. The van der Waals surface area contributed by atoms with Crippen LogP contribution in [0.3, 0.4) is 0 Å². The zero-order chi connectivity index (χ0) is 10.8. The zero-order valence-corrected chi connectivity index (χ0v) is 9.43. The molecule has 1 atom stereocenters. The van der Waals surface area contributed by atoms with Crippen LogP contribution in [0.15, 0.2) is 6.20 Å². The summed E-state index contributed by atoms with van der Waals surface area (Å²) in [6.07, 6.45) is 7.31. The second-order valence-corrected chi connectivity index (χ2v) is 4.72. The Morgan fingerprint density at radius 2 is 2.38 bits per heavy atom. The fourth-order valence-corrected chi connectivity index (χ4v) is 2.04. The Morgan fingerprint density at radius 1 is 1.44 bits per heavy atom. The maximum Gasteiger partial charge on any atom is 0.0964 e. The van der Waals surface area contributed by atoms with Crippen LogP contribution >= 0.6 is 0 Å². The molecule has 5 nitrogen and oxygen atoms in total. The summed E-state index contributed by atoms with van der Waals surface area (Å²) in [7, 11) is 0. The fourth-order valence-electron chi connectivity index (χ4n) is 2.04. The lowest BCUT2D eigenvalue weighted by atomic mass is 10.2. The van der Waals surface area contributed by atoms with Crippen molar-refractivity contribution in [3.8, 4) is 0 Å². The van der Waals surface area contributed by atoms with E-state index in [2.05, 4.69) is 15.6 Å². The number of ether oxygens (including phenoxy) is 1. The molecule has 2 aliphatic rings. The molecule has 1 unspecified atom stereocenters. The molecule has 5 heteroatoms. The number of nitrogens with one attached hydrogen (secondary N) is 1. The maximum absolute atomic E-state index is 5.57. The number of aromatic nitrogens is 3. The smallest absolute Gasteiger partial charge is 0.0964 e. The van der Waals surface area contributed by atoms with E-state index in [0.717, 1.165) is 37.9 Å². The summed E-state index contributed by atoms with van der Waals surface area (Å²) in [5.74, 6) is 0. The molecule has 1 aromatic heterocycles. The first-order valence-electron chi connectivity index (χ1n) is 6.14. The standard InChI is InChI=1S/C11H18N4O/c1-2-11(16-5-1)8-15-7-10(13-14-15)6-12-9-3-4-9/h7,9,11-12H,1-6,8H2. The van der Waals surface area contributed by atoms with Crippen LogP contribution in [0.25, 0.3) is 0 Å². The minimum absolute atomic E-state index is 0.339. The normalized spacial score (nSPS) is 25.1. The van der Waals surface area contributed by atoms with Gasteiger partial charge in [-0.25, -0.2) is 4.68 Å². The summed E-state index contributed by atoms with van der Waals surface area (Å²) in [5.41, 5.74) is 1.03. The van der Waals surface area contributed by atoms with Crippen molar-refractivity contribution < 1.29 is 4.74 Å². The largest absolute Gasteiger partial charge is 0.376 e. The van der Waals surface area contributed by atoms with Gasteiger partial charge in [0, 0.05) is 25.4 Å². The van der Waals surface area contributed by atoms with Gasteiger partial charge >= 0.3 is 0 Å². The van der Waals surface area contributed by atoms with E-state index in [4.69, 9.17) is 4.74 Å². The highest BCUT2D eigenvalue weighted by Crippen LogP contribution is 2.19. The van der Waals surface area contributed by atoms with Gasteiger partial charge in [-0.1, -0.05) is 5.21 Å². The molecule has 1 aliphatic heterocycles. The first-order chi connectivity index (χ1) is 7.90. The predicted octanol–water partition coefficient (Wildman–Crippen LogP) is 0.709. The third kappa shape index (κ3) is 2.59. The van der Waals surface area contributed by atoms with Crippen molar-refractivity contribution in [3.05, 3.63) is 11.9 Å². The Morgan fingerprint density at radius 3 is 3.12 bits per heavy atom. The van der Waals surface area contributed by atoms with Gasteiger partial charge in [0.15, 0.2) is 0 Å². The van der Waals surface area contributed by atoms with Gasteiger partial charge in [0.05, 0.1) is 18.3 Å². The van der Waals surface area contributed by atoms with Gasteiger partial charge in [0.2, 0.25) is 0 Å². The van der Waals surface area contributed by atoms with Crippen LogP contribution in [0.4, 0.5) is 0 Å². The molecule has 0 aromatic carbocycles. The monoisotopic (exact) mass is 222 g/mol. The molecule has 1 aromatic rings. The fraction of sp³-hybridized carbons (Fsp3) is 0.818. The Kier molecular flexibility index (Phi) is 2.88. The van der Waals surface area contributed by atoms with Crippen LogP contribution in [0, 0.1) is 0 Å². The van der Waals surface area contributed by atoms with Gasteiger partial charge in [0.25, 0.3) is 0 Å². The molecule has 0 amide bonds. The van der Waals surface area contributed by atoms with E-state index in [9.17, 15) is 0 Å². The summed E-state index contributed by atoms with van der Waals surface area (Å²) in [4.78, 5) is 0. The molecule has 16 heavy (non-hydrogen) atoms. The lowest BCUT2D eigenvalue weighted by Crippen LogP contribution is -2.16. The lowest BCUT2D eigenvalue weighted by molar-refractivity contribution is 0.0935. The van der Waals surface area contributed by atoms with Crippen molar-refractivity contribution in [2.45, 2.75) is 50.9 Å². The van der Waals surface area contributed by atoms with Crippen molar-refractivity contribution >= 4 is 0 Å². The highest BCUT2D eigenvalue weighted by atomic mass is 16.5. The predicted molar refractivity (Wildman–Crippen MR) is 58.9 cm³/mol. The van der Waals surface area contributed by atoms with Crippen LogP contribution in [-0.2, 0) is 17.8 Å². The summed E-state index contributed by atoms with van der Waals surface area (Å²) >= 11 is 0. The van der Waals surface area contributed by atoms with Crippen molar-refractivity contribution in [1.82, 2.24) is 20.3 Å². The summed E-state index contributed by atoms with van der Waals surface area (Å²) in [5, 5.41) is 11.7. The number of rotatable bonds is 5. The summed E-state index contributed by atoms with van der Waals surface area (Å²) in [6.45, 7) is 2.59. The second kappa shape index (κ2) is 4.51. The highest BCUT2D eigenvalue weighted by Gasteiger charge is 2.21. The van der Waals surface area contributed by atoms with Gasteiger partial charge < -0.3 is 10.1 Å². The van der Waals surface area contributed by atoms with Crippen LogP contribution < -0.4 is 5.32 Å². The van der Waals surface area contributed by atoms with Crippen LogP contribution in [-0.4, -0.2) is 33.7 Å². The molecule has 1 saturated heterocycles. The van der Waals surface area contributed by atoms with E-state index in [1.807, 2.05) is 10.9 Å². The van der Waals surface area contributed by atoms with E-state index in [1.54, 1.807) is 0 Å². The van der Waals surface area contributed by atoms with Crippen LogP contribution in [0.2, 0.25) is 0 Å². The third-order valence-corrected chi connectivity index (χ3v) is 3.15. The maximum atomic E-state index is 5.57. The number of nitrogens with zero attached hydrogens (tertiary/aromatic N) is 3. The Labute approximate surface area is 95.2 Å². The minimum atomic E-state index is 0.339. The Balaban J connectivity index is 1.50. The zero-order valence-electron chi connectivity index (χ0n) is 9.43. The molecular formula is C11H18N4O. The summed E-state index contributed by atoms with van der Waals surface area (Å²) in [6, 6.07) is 0.725. The molecule has 3 rings (SSSR count). The first-order valence-corrected chi connectivity index (χ1v) is 6.14. The van der Waals surface area contributed by atoms with Crippen molar-refractivity contribution in [3.63, 3.8) is 0 Å². The second-order valence-electron chi connectivity index (χ2n) is 4.72. The minimum Gasteiger partial charge on any atom is -0.376 e. The quantitative estimate of drug-likeness (QED) is 0.797. The van der Waals surface area contributed by atoms with E-state index in [1.165, 1.54) is 19.3 Å². The van der Waals surface area contributed by atoms with E-state index in [-0.39, 0.29) is 0 Å². The van der Waals surface area contributed by atoms with Crippen LogP contribution in [0.5, 0.6) is 0 Å². The topological polar surface area (TPSA) is 52.0 Å². The molecule has 1 aliphatic carbocycles. The molecular weight excluding hydrogens is 204 g/mol. The average Bonchev–Trinajstić information content (AvgIpc) is 2.78. The molecule has 0 spiro atoms. The Bertz CT molecular complexity index is 342. The van der Waals surface area contributed by atoms with Gasteiger partial charge in [-0.2, -0.15) is 0 Å². The molecule has 1 N–H and O–H groups in total. The van der Waals surface area contributed by atoms with Crippen molar-refractivity contribution in [1.29, 1.82) is 0 Å². The van der Waals surface area contributed by atoms with Crippen LogP contribution in [0.1, 0.15) is 31.4 Å². The number of hydrogen-bond acceptors (Lipinski definition) is 4.